The quantitative estimate of drug-likeness (QED) is 0.822. The van der Waals surface area contributed by atoms with Gasteiger partial charge in [0.25, 0.3) is 0 Å². The highest BCUT2D eigenvalue weighted by Gasteiger charge is 2.25. The van der Waals surface area contributed by atoms with Crippen LogP contribution in [-0.2, 0) is 4.74 Å². The van der Waals surface area contributed by atoms with Gasteiger partial charge in [0, 0.05) is 6.20 Å². The lowest BCUT2D eigenvalue weighted by atomic mass is 10.2. The maximum Gasteiger partial charge on any atom is 0.410 e. The lowest BCUT2D eigenvalue weighted by molar-refractivity contribution is 0.00631. The number of imidazole rings is 1. The third-order valence-corrected chi connectivity index (χ3v) is 2.35. The van der Waals surface area contributed by atoms with Crippen LogP contribution < -0.4 is 5.32 Å². The van der Waals surface area contributed by atoms with Gasteiger partial charge in [-0.25, -0.2) is 14.6 Å². The van der Waals surface area contributed by atoms with Crippen LogP contribution in [0.15, 0.2) is 24.4 Å². The summed E-state index contributed by atoms with van der Waals surface area (Å²) in [5, 5.41) is 10.9. The SMILES string of the molecule is CC(C)(C)OC(=O)c1c(NC(=O)O)nc2ccccn12. The number of pyridine rings is 1. The van der Waals surface area contributed by atoms with Crippen LogP contribution in [0.4, 0.5) is 10.6 Å². The van der Waals surface area contributed by atoms with Crippen molar-refractivity contribution in [2.45, 2.75) is 26.4 Å². The van der Waals surface area contributed by atoms with Crippen LogP contribution in [0.2, 0.25) is 0 Å². The van der Waals surface area contributed by atoms with Crippen molar-refractivity contribution in [3.05, 3.63) is 30.1 Å². The van der Waals surface area contributed by atoms with Crippen molar-refractivity contribution in [1.82, 2.24) is 9.38 Å². The van der Waals surface area contributed by atoms with E-state index < -0.39 is 17.7 Å². The number of rotatable bonds is 2. The molecule has 2 N–H and O–H groups in total. The van der Waals surface area contributed by atoms with Crippen molar-refractivity contribution in [3.8, 4) is 0 Å². The minimum atomic E-state index is -1.29. The molecule has 2 aromatic heterocycles. The Bertz CT molecular complexity index is 670. The van der Waals surface area contributed by atoms with Crippen molar-refractivity contribution in [2.75, 3.05) is 5.32 Å². The topological polar surface area (TPSA) is 92.9 Å². The second kappa shape index (κ2) is 4.84. The van der Waals surface area contributed by atoms with E-state index in [1.807, 2.05) is 0 Å². The maximum atomic E-state index is 12.2. The molecule has 0 atom stereocenters. The Morgan fingerprint density at radius 2 is 2.05 bits per heavy atom. The summed E-state index contributed by atoms with van der Waals surface area (Å²) in [6.45, 7) is 5.20. The van der Waals surface area contributed by atoms with Gasteiger partial charge in [-0.3, -0.25) is 9.72 Å². The van der Waals surface area contributed by atoms with Crippen LogP contribution in [0.5, 0.6) is 0 Å². The molecule has 0 bridgehead atoms. The molecule has 0 aromatic carbocycles. The molecule has 7 heteroatoms. The number of amides is 1. The van der Waals surface area contributed by atoms with Gasteiger partial charge < -0.3 is 9.84 Å². The number of anilines is 1. The number of ether oxygens (including phenoxy) is 1. The molecule has 0 aliphatic carbocycles. The van der Waals surface area contributed by atoms with E-state index in [0.717, 1.165) is 0 Å². The average Bonchev–Trinajstić information content (AvgIpc) is 2.63. The highest BCUT2D eigenvalue weighted by atomic mass is 16.6. The van der Waals surface area contributed by atoms with E-state index >= 15 is 0 Å². The minimum absolute atomic E-state index is 0.0436. The molecule has 1 amide bonds. The Hall–Kier alpha value is -2.57. The summed E-state index contributed by atoms with van der Waals surface area (Å²) in [6, 6.07) is 5.12. The first-order valence-electron chi connectivity index (χ1n) is 5.98. The van der Waals surface area contributed by atoms with Gasteiger partial charge in [-0.2, -0.15) is 0 Å². The van der Waals surface area contributed by atoms with Crippen LogP contribution >= 0.6 is 0 Å². The fourth-order valence-corrected chi connectivity index (χ4v) is 1.71. The Morgan fingerprint density at radius 1 is 1.35 bits per heavy atom. The average molecular weight is 277 g/mol. The van der Waals surface area contributed by atoms with Gasteiger partial charge >= 0.3 is 12.1 Å². The molecule has 0 aliphatic rings. The van der Waals surface area contributed by atoms with Gasteiger partial charge in [0.1, 0.15) is 11.2 Å². The van der Waals surface area contributed by atoms with Crippen molar-refractivity contribution in [3.63, 3.8) is 0 Å². The Labute approximate surface area is 115 Å². The zero-order valence-corrected chi connectivity index (χ0v) is 11.4. The molecule has 20 heavy (non-hydrogen) atoms. The summed E-state index contributed by atoms with van der Waals surface area (Å²) < 4.78 is 6.77. The summed E-state index contributed by atoms with van der Waals surface area (Å²) in [5.41, 5.74) is -0.175. The van der Waals surface area contributed by atoms with Crippen LogP contribution in [0.1, 0.15) is 31.3 Å². The van der Waals surface area contributed by atoms with Gasteiger partial charge in [-0.05, 0) is 32.9 Å². The second-order valence-electron chi connectivity index (χ2n) is 5.17. The van der Waals surface area contributed by atoms with Crippen LogP contribution in [0.3, 0.4) is 0 Å². The molecule has 2 rings (SSSR count). The van der Waals surface area contributed by atoms with E-state index in [2.05, 4.69) is 10.3 Å². The number of esters is 1. The predicted molar refractivity (Wildman–Crippen MR) is 72.0 cm³/mol. The van der Waals surface area contributed by atoms with E-state index in [9.17, 15) is 9.59 Å². The number of nitrogens with one attached hydrogen (secondary N) is 1. The van der Waals surface area contributed by atoms with Gasteiger partial charge in [0.05, 0.1) is 0 Å². The fraction of sp³-hybridized carbons (Fsp3) is 0.308. The normalized spacial score (nSPS) is 11.3. The monoisotopic (exact) mass is 277 g/mol. The molecule has 0 radical (unpaired) electrons. The molecular weight excluding hydrogens is 262 g/mol. The molecule has 106 valence electrons. The molecule has 0 unspecified atom stereocenters. The first-order chi connectivity index (χ1) is 9.28. The van der Waals surface area contributed by atoms with Gasteiger partial charge in [-0.15, -0.1) is 0 Å². The van der Waals surface area contributed by atoms with Gasteiger partial charge in [0.2, 0.25) is 0 Å². The standard InChI is InChI=1S/C13H15N3O4/c1-13(2,3)20-11(17)9-10(15-12(18)19)14-8-6-4-5-7-16(8)9/h4-7,15H,1-3H3,(H,18,19). The summed E-state index contributed by atoms with van der Waals surface area (Å²) in [7, 11) is 0. The first kappa shape index (κ1) is 13.9. The van der Waals surface area contributed by atoms with Gasteiger partial charge in [0.15, 0.2) is 11.5 Å². The Kier molecular flexibility index (Phi) is 3.35. The number of fused-ring (bicyclic) bond motifs is 1. The number of nitrogens with zero attached hydrogens (tertiary/aromatic N) is 2. The van der Waals surface area contributed by atoms with Crippen molar-refractivity contribution < 1.29 is 19.4 Å². The number of hydrogen-bond donors (Lipinski definition) is 2. The molecule has 2 heterocycles. The Balaban J connectivity index is 2.53. The van der Waals surface area contributed by atoms with Crippen LogP contribution in [0, 0.1) is 0 Å². The largest absolute Gasteiger partial charge is 0.465 e. The molecule has 0 fully saturated rings. The minimum Gasteiger partial charge on any atom is -0.465 e. The molecular formula is C13H15N3O4. The highest BCUT2D eigenvalue weighted by Crippen LogP contribution is 2.21. The number of hydrogen-bond acceptors (Lipinski definition) is 4. The van der Waals surface area contributed by atoms with E-state index in [0.29, 0.717) is 5.65 Å². The summed E-state index contributed by atoms with van der Waals surface area (Å²) in [5.74, 6) is -0.682. The Morgan fingerprint density at radius 3 is 2.65 bits per heavy atom. The maximum absolute atomic E-state index is 12.2. The number of carbonyl (C=O) groups is 2. The molecule has 0 saturated carbocycles. The number of aromatic nitrogens is 2. The molecule has 0 spiro atoms. The third kappa shape index (κ3) is 2.87. The molecule has 0 aliphatic heterocycles. The first-order valence-corrected chi connectivity index (χ1v) is 5.98. The zero-order valence-electron chi connectivity index (χ0n) is 11.4. The smallest absolute Gasteiger partial charge is 0.410 e. The summed E-state index contributed by atoms with van der Waals surface area (Å²) >= 11 is 0. The van der Waals surface area contributed by atoms with E-state index in [-0.39, 0.29) is 11.5 Å². The van der Waals surface area contributed by atoms with Gasteiger partial charge in [-0.1, -0.05) is 6.07 Å². The molecule has 7 nitrogen and oxygen atoms in total. The molecule has 0 saturated heterocycles. The van der Waals surface area contributed by atoms with Crippen LogP contribution in [0.25, 0.3) is 5.65 Å². The van der Waals surface area contributed by atoms with E-state index in [1.54, 1.807) is 45.2 Å². The number of carboxylic acid groups (broad SMARTS) is 1. The van der Waals surface area contributed by atoms with E-state index in [1.165, 1.54) is 4.40 Å². The lowest BCUT2D eigenvalue weighted by Gasteiger charge is -2.19. The fourth-order valence-electron chi connectivity index (χ4n) is 1.71. The number of carbonyl (C=O) groups excluding carboxylic acids is 1. The lowest BCUT2D eigenvalue weighted by Crippen LogP contribution is -2.25. The predicted octanol–water partition coefficient (Wildman–Crippen LogP) is 2.38. The van der Waals surface area contributed by atoms with Crippen molar-refractivity contribution in [2.24, 2.45) is 0 Å². The zero-order chi connectivity index (χ0) is 14.9. The third-order valence-electron chi connectivity index (χ3n) is 2.35. The second-order valence-corrected chi connectivity index (χ2v) is 5.17. The van der Waals surface area contributed by atoms with Crippen molar-refractivity contribution in [1.29, 1.82) is 0 Å². The van der Waals surface area contributed by atoms with Crippen LogP contribution in [-0.4, -0.2) is 32.2 Å². The van der Waals surface area contributed by atoms with E-state index in [4.69, 9.17) is 9.84 Å². The summed E-state index contributed by atoms with van der Waals surface area (Å²) in [4.78, 5) is 27.1. The highest BCUT2D eigenvalue weighted by molar-refractivity contribution is 5.98. The summed E-state index contributed by atoms with van der Waals surface area (Å²) in [6.07, 6.45) is 0.326. The van der Waals surface area contributed by atoms with Crippen molar-refractivity contribution >= 4 is 23.5 Å². The molecule has 2 aromatic rings.